The summed E-state index contributed by atoms with van der Waals surface area (Å²) in [5, 5.41) is 3.41. The molecule has 0 saturated carbocycles. The van der Waals surface area contributed by atoms with Crippen molar-refractivity contribution in [3.63, 3.8) is 0 Å². The minimum Gasteiger partial charge on any atom is -0.383 e. The number of methoxy groups -OCH3 is 1. The van der Waals surface area contributed by atoms with Gasteiger partial charge in [-0.2, -0.15) is 0 Å². The zero-order valence-electron chi connectivity index (χ0n) is 11.4. The van der Waals surface area contributed by atoms with E-state index in [2.05, 4.69) is 26.8 Å². The lowest BCUT2D eigenvalue weighted by molar-refractivity contribution is 0.187. The van der Waals surface area contributed by atoms with Gasteiger partial charge in [0.1, 0.15) is 0 Å². The third-order valence-electron chi connectivity index (χ3n) is 3.56. The van der Waals surface area contributed by atoms with Crippen molar-refractivity contribution in [3.05, 3.63) is 12.4 Å². The van der Waals surface area contributed by atoms with Crippen LogP contribution >= 0.6 is 0 Å². The lowest BCUT2D eigenvalue weighted by atomic mass is 9.98. The molecule has 1 N–H and O–H groups in total. The van der Waals surface area contributed by atoms with Crippen LogP contribution in [0.25, 0.3) is 0 Å². The van der Waals surface area contributed by atoms with Gasteiger partial charge in [-0.3, -0.25) is 0 Å². The Morgan fingerprint density at radius 2 is 2.28 bits per heavy atom. The molecule has 0 radical (unpaired) electrons. The van der Waals surface area contributed by atoms with Crippen molar-refractivity contribution in [1.82, 2.24) is 14.9 Å². The summed E-state index contributed by atoms with van der Waals surface area (Å²) in [6, 6.07) is 0. The Balaban J connectivity index is 1.90. The third-order valence-corrected chi connectivity index (χ3v) is 3.56. The molecule has 2 rings (SSSR count). The van der Waals surface area contributed by atoms with E-state index in [-0.39, 0.29) is 0 Å². The fourth-order valence-electron chi connectivity index (χ4n) is 2.54. The van der Waals surface area contributed by atoms with Crippen LogP contribution < -0.4 is 10.2 Å². The number of rotatable bonds is 6. The van der Waals surface area contributed by atoms with Gasteiger partial charge in [-0.25, -0.2) is 4.98 Å². The first-order valence-electron chi connectivity index (χ1n) is 6.73. The summed E-state index contributed by atoms with van der Waals surface area (Å²) in [5.41, 5.74) is 0. The van der Waals surface area contributed by atoms with E-state index in [0.717, 1.165) is 44.7 Å². The smallest absolute Gasteiger partial charge is 0.205 e. The van der Waals surface area contributed by atoms with Crippen LogP contribution in [0.4, 0.5) is 5.95 Å². The van der Waals surface area contributed by atoms with E-state index in [9.17, 15) is 0 Å². The summed E-state index contributed by atoms with van der Waals surface area (Å²) in [6.07, 6.45) is 6.42. The van der Waals surface area contributed by atoms with Gasteiger partial charge >= 0.3 is 0 Å². The number of hydrogen-bond acceptors (Lipinski definition) is 4. The first kappa shape index (κ1) is 13.4. The highest BCUT2D eigenvalue weighted by molar-refractivity contribution is 5.29. The van der Waals surface area contributed by atoms with Gasteiger partial charge in [-0.1, -0.05) is 0 Å². The van der Waals surface area contributed by atoms with Gasteiger partial charge in [0, 0.05) is 39.6 Å². The summed E-state index contributed by atoms with van der Waals surface area (Å²) in [5.74, 6) is 1.83. The van der Waals surface area contributed by atoms with Gasteiger partial charge < -0.3 is 19.5 Å². The number of piperidine rings is 1. The molecule has 1 aliphatic heterocycles. The van der Waals surface area contributed by atoms with Crippen LogP contribution in [-0.4, -0.2) is 49.9 Å². The molecule has 102 valence electrons. The van der Waals surface area contributed by atoms with Crippen molar-refractivity contribution in [2.75, 3.05) is 45.3 Å². The van der Waals surface area contributed by atoms with Gasteiger partial charge in [-0.05, 0) is 31.8 Å². The van der Waals surface area contributed by atoms with E-state index < -0.39 is 0 Å². The molecule has 1 fully saturated rings. The lowest BCUT2D eigenvalue weighted by Gasteiger charge is -2.28. The fraction of sp³-hybridized carbons (Fsp3) is 0.769. The van der Waals surface area contributed by atoms with Crippen molar-refractivity contribution < 1.29 is 4.74 Å². The molecule has 1 aliphatic rings. The van der Waals surface area contributed by atoms with Crippen LogP contribution in [0.5, 0.6) is 0 Å². The van der Waals surface area contributed by atoms with E-state index in [0.29, 0.717) is 0 Å². The zero-order valence-corrected chi connectivity index (χ0v) is 11.4. The first-order valence-corrected chi connectivity index (χ1v) is 6.73. The molecule has 5 heteroatoms. The minimum atomic E-state index is 0.727. The molecule has 1 saturated heterocycles. The van der Waals surface area contributed by atoms with E-state index in [4.69, 9.17) is 4.74 Å². The number of ether oxygens (including phenoxy) is 1. The summed E-state index contributed by atoms with van der Waals surface area (Å²) >= 11 is 0. The number of nitrogens with zero attached hydrogens (tertiary/aromatic N) is 3. The maximum Gasteiger partial charge on any atom is 0.205 e. The molecule has 0 spiro atoms. The van der Waals surface area contributed by atoms with Gasteiger partial charge in [0.05, 0.1) is 6.61 Å². The van der Waals surface area contributed by atoms with E-state index in [1.165, 1.54) is 12.8 Å². The quantitative estimate of drug-likeness (QED) is 0.819. The highest BCUT2D eigenvalue weighted by Crippen LogP contribution is 2.17. The molecule has 0 amide bonds. The highest BCUT2D eigenvalue weighted by Gasteiger charge is 2.17. The maximum absolute atomic E-state index is 5.12. The van der Waals surface area contributed by atoms with Gasteiger partial charge in [0.2, 0.25) is 5.95 Å². The standard InChI is InChI=1S/C13H24N4O/c1-16(11-12-3-5-14-6-4-12)13-15-7-8-17(13)9-10-18-2/h7-8,12,14H,3-6,9-11H2,1-2H3. The Bertz CT molecular complexity index is 347. The van der Waals surface area contributed by atoms with Crippen LogP contribution in [0.2, 0.25) is 0 Å². The van der Waals surface area contributed by atoms with Crippen LogP contribution in [-0.2, 0) is 11.3 Å². The topological polar surface area (TPSA) is 42.3 Å². The number of imidazole rings is 1. The van der Waals surface area contributed by atoms with Gasteiger partial charge in [-0.15, -0.1) is 0 Å². The molecule has 5 nitrogen and oxygen atoms in total. The van der Waals surface area contributed by atoms with Crippen LogP contribution in [0, 0.1) is 5.92 Å². The van der Waals surface area contributed by atoms with Gasteiger partial charge in [0.25, 0.3) is 0 Å². The molecular weight excluding hydrogens is 228 g/mol. The predicted octanol–water partition coefficient (Wildman–Crippen LogP) is 0.965. The summed E-state index contributed by atoms with van der Waals surface area (Å²) < 4.78 is 7.28. The molecule has 2 heterocycles. The largest absolute Gasteiger partial charge is 0.383 e. The molecule has 0 aromatic carbocycles. The Labute approximate surface area is 109 Å². The third kappa shape index (κ3) is 3.46. The van der Waals surface area contributed by atoms with Crippen LogP contribution in [0.1, 0.15) is 12.8 Å². The van der Waals surface area contributed by atoms with E-state index in [1.807, 2.05) is 12.4 Å². The normalized spacial score (nSPS) is 17.0. The van der Waals surface area contributed by atoms with E-state index in [1.54, 1.807) is 7.11 Å². The Kier molecular flexibility index (Phi) is 5.01. The zero-order chi connectivity index (χ0) is 12.8. The minimum absolute atomic E-state index is 0.727. The van der Waals surface area contributed by atoms with Gasteiger partial charge in [0.15, 0.2) is 0 Å². The number of aromatic nitrogens is 2. The van der Waals surface area contributed by atoms with Crippen LogP contribution in [0.15, 0.2) is 12.4 Å². The van der Waals surface area contributed by atoms with E-state index >= 15 is 0 Å². The fourth-order valence-corrected chi connectivity index (χ4v) is 2.54. The second kappa shape index (κ2) is 6.75. The molecule has 0 unspecified atom stereocenters. The maximum atomic E-state index is 5.12. The molecular formula is C13H24N4O. The Morgan fingerprint density at radius 1 is 1.50 bits per heavy atom. The molecule has 18 heavy (non-hydrogen) atoms. The molecule has 1 aromatic rings. The molecule has 0 atom stereocenters. The SMILES string of the molecule is COCCn1ccnc1N(C)CC1CCNCC1. The summed E-state index contributed by atoms with van der Waals surface area (Å²) in [4.78, 5) is 6.72. The van der Waals surface area contributed by atoms with Crippen molar-refractivity contribution in [3.8, 4) is 0 Å². The van der Waals surface area contributed by atoms with Crippen molar-refractivity contribution in [2.24, 2.45) is 5.92 Å². The number of nitrogens with one attached hydrogen (secondary N) is 1. The second-order valence-corrected chi connectivity index (χ2v) is 4.99. The summed E-state index contributed by atoms with van der Waals surface area (Å²) in [6.45, 7) is 4.98. The summed E-state index contributed by atoms with van der Waals surface area (Å²) in [7, 11) is 3.86. The number of anilines is 1. The molecule has 0 aliphatic carbocycles. The molecule has 1 aromatic heterocycles. The monoisotopic (exact) mass is 252 g/mol. The Morgan fingerprint density at radius 3 is 3.00 bits per heavy atom. The predicted molar refractivity (Wildman–Crippen MR) is 73.0 cm³/mol. The Hall–Kier alpha value is -1.07. The van der Waals surface area contributed by atoms with Crippen molar-refractivity contribution in [1.29, 1.82) is 0 Å². The average Bonchev–Trinajstić information content (AvgIpc) is 2.86. The molecule has 0 bridgehead atoms. The number of hydrogen-bond donors (Lipinski definition) is 1. The average molecular weight is 252 g/mol. The lowest BCUT2D eigenvalue weighted by Crippen LogP contribution is -2.35. The van der Waals surface area contributed by atoms with Crippen molar-refractivity contribution in [2.45, 2.75) is 19.4 Å². The first-order chi connectivity index (χ1) is 8.81. The van der Waals surface area contributed by atoms with Crippen molar-refractivity contribution >= 4 is 5.95 Å². The highest BCUT2D eigenvalue weighted by atomic mass is 16.5. The second-order valence-electron chi connectivity index (χ2n) is 4.99. The van der Waals surface area contributed by atoms with Crippen LogP contribution in [0.3, 0.4) is 0 Å².